The zero-order chi connectivity index (χ0) is 25.7. The molecule has 0 aliphatic carbocycles. The van der Waals surface area contributed by atoms with E-state index in [-0.39, 0.29) is 17.6 Å². The molecular weight excluding hydrogens is 462 g/mol. The number of primary amides is 1. The Kier molecular flexibility index (Phi) is 7.53. The fourth-order valence-corrected chi connectivity index (χ4v) is 4.20. The van der Waals surface area contributed by atoms with Crippen LogP contribution in [0, 0.1) is 0 Å². The van der Waals surface area contributed by atoms with Crippen molar-refractivity contribution in [2.75, 3.05) is 37.5 Å². The summed E-state index contributed by atoms with van der Waals surface area (Å²) in [5, 5.41) is 7.71. The summed E-state index contributed by atoms with van der Waals surface area (Å²) >= 11 is 0. The molecule has 2 amide bonds. The van der Waals surface area contributed by atoms with E-state index >= 15 is 0 Å². The third-order valence-corrected chi connectivity index (χ3v) is 6.11. The lowest BCUT2D eigenvalue weighted by Gasteiger charge is -2.28. The van der Waals surface area contributed by atoms with E-state index in [0.717, 1.165) is 30.8 Å². The van der Waals surface area contributed by atoms with Gasteiger partial charge in [-0.25, -0.2) is 4.68 Å². The first-order chi connectivity index (χ1) is 17.4. The van der Waals surface area contributed by atoms with Gasteiger partial charge in [-0.3, -0.25) is 14.4 Å². The van der Waals surface area contributed by atoms with Crippen LogP contribution in [-0.4, -0.2) is 54.9 Å². The van der Waals surface area contributed by atoms with Gasteiger partial charge in [-0.15, -0.1) is 0 Å². The first-order valence-electron chi connectivity index (χ1n) is 11.7. The molecule has 0 atom stereocenters. The van der Waals surface area contributed by atoms with Crippen molar-refractivity contribution < 1.29 is 23.9 Å². The second kappa shape index (κ2) is 10.9. The zero-order valence-electron chi connectivity index (χ0n) is 20.3. The number of carbonyl (C=O) groups is 3. The molecule has 2 aromatic carbocycles. The molecule has 36 heavy (non-hydrogen) atoms. The number of unbranched alkanes of at least 4 members (excludes halogenated alkanes) is 1. The van der Waals surface area contributed by atoms with E-state index in [4.69, 9.17) is 10.5 Å². The average Bonchev–Trinajstić information content (AvgIpc) is 3.30. The number of rotatable bonds is 10. The molecule has 0 radical (unpaired) electrons. The lowest BCUT2D eigenvalue weighted by atomic mass is 10.0. The third-order valence-electron chi connectivity index (χ3n) is 6.11. The maximum absolute atomic E-state index is 13.6. The average molecular weight is 492 g/mol. The van der Waals surface area contributed by atoms with E-state index in [9.17, 15) is 14.4 Å². The van der Waals surface area contributed by atoms with Gasteiger partial charge in [0, 0.05) is 36.4 Å². The highest BCUT2D eigenvalue weighted by atomic mass is 16.5. The Bertz CT molecular complexity index is 1250. The van der Waals surface area contributed by atoms with Crippen molar-refractivity contribution in [1.29, 1.82) is 0 Å². The number of anilines is 2. The van der Waals surface area contributed by atoms with Crippen molar-refractivity contribution >= 4 is 29.2 Å². The minimum absolute atomic E-state index is 0.112. The van der Waals surface area contributed by atoms with Crippen molar-refractivity contribution in [2.45, 2.75) is 25.7 Å². The molecule has 188 valence electrons. The van der Waals surface area contributed by atoms with Gasteiger partial charge in [0.25, 0.3) is 11.8 Å². The predicted octanol–water partition coefficient (Wildman–Crippen LogP) is 2.94. The molecule has 0 saturated heterocycles. The van der Waals surface area contributed by atoms with Crippen molar-refractivity contribution in [1.82, 2.24) is 9.78 Å². The molecule has 0 saturated carbocycles. The van der Waals surface area contributed by atoms with E-state index in [1.807, 2.05) is 24.3 Å². The largest absolute Gasteiger partial charge is 0.497 e. The second-order valence-corrected chi connectivity index (χ2v) is 8.36. The summed E-state index contributed by atoms with van der Waals surface area (Å²) in [7, 11) is 2.96. The highest BCUT2D eigenvalue weighted by molar-refractivity contribution is 6.09. The number of benzene rings is 2. The van der Waals surface area contributed by atoms with Crippen molar-refractivity contribution in [3.63, 3.8) is 0 Å². The second-order valence-electron chi connectivity index (χ2n) is 8.36. The molecule has 0 spiro atoms. The van der Waals surface area contributed by atoms with E-state index in [1.165, 1.54) is 11.8 Å². The molecule has 10 heteroatoms. The van der Waals surface area contributed by atoms with Gasteiger partial charge in [0.1, 0.15) is 11.4 Å². The smallest absolute Gasteiger partial charge is 0.305 e. The number of carbonyl (C=O) groups excluding carboxylic acids is 3. The summed E-state index contributed by atoms with van der Waals surface area (Å²) in [6, 6.07) is 14.6. The fourth-order valence-electron chi connectivity index (χ4n) is 4.20. The first kappa shape index (κ1) is 24.8. The third kappa shape index (κ3) is 5.17. The topological polar surface area (TPSA) is 129 Å². The summed E-state index contributed by atoms with van der Waals surface area (Å²) in [6.45, 7) is 1.13. The van der Waals surface area contributed by atoms with E-state index in [1.54, 1.807) is 36.3 Å². The number of ether oxygens (including phenoxy) is 2. The van der Waals surface area contributed by atoms with Gasteiger partial charge in [-0.1, -0.05) is 0 Å². The SMILES string of the molecule is COC(=O)CCCCNc1ccc(N2CCc3c(C(N)=O)nn(-c4ccc(OC)cc4)c3C2=O)cc1. The number of hydrogen-bond acceptors (Lipinski definition) is 7. The van der Waals surface area contributed by atoms with Crippen LogP contribution in [0.1, 0.15) is 45.8 Å². The molecule has 3 aromatic rings. The molecule has 0 bridgehead atoms. The summed E-state index contributed by atoms with van der Waals surface area (Å²) in [5.74, 6) is -0.456. The van der Waals surface area contributed by atoms with E-state index in [2.05, 4.69) is 15.2 Å². The first-order valence-corrected chi connectivity index (χ1v) is 11.7. The number of methoxy groups -OCH3 is 2. The number of nitrogens with zero attached hydrogens (tertiary/aromatic N) is 3. The monoisotopic (exact) mass is 491 g/mol. The van der Waals surface area contributed by atoms with Crippen LogP contribution in [-0.2, 0) is 16.0 Å². The van der Waals surface area contributed by atoms with Crippen LogP contribution in [0.2, 0.25) is 0 Å². The summed E-state index contributed by atoms with van der Waals surface area (Å²) < 4.78 is 11.3. The van der Waals surface area contributed by atoms with Gasteiger partial charge < -0.3 is 25.4 Å². The van der Waals surface area contributed by atoms with Crippen LogP contribution in [0.3, 0.4) is 0 Å². The summed E-state index contributed by atoms with van der Waals surface area (Å²) in [5.41, 5.74) is 8.86. The number of aromatic nitrogens is 2. The Balaban J connectivity index is 1.51. The minimum atomic E-state index is -0.665. The Morgan fingerprint density at radius 3 is 2.36 bits per heavy atom. The fraction of sp³-hybridized carbons (Fsp3) is 0.308. The molecule has 0 unspecified atom stereocenters. The zero-order valence-corrected chi connectivity index (χ0v) is 20.3. The van der Waals surface area contributed by atoms with Crippen LogP contribution in [0.5, 0.6) is 5.75 Å². The van der Waals surface area contributed by atoms with Crippen LogP contribution < -0.4 is 20.7 Å². The Labute approximate surface area is 209 Å². The normalized spacial score (nSPS) is 12.7. The maximum Gasteiger partial charge on any atom is 0.305 e. The van der Waals surface area contributed by atoms with E-state index < -0.39 is 5.91 Å². The van der Waals surface area contributed by atoms with Gasteiger partial charge in [0.2, 0.25) is 0 Å². The van der Waals surface area contributed by atoms with Crippen LogP contribution in [0.15, 0.2) is 48.5 Å². The van der Waals surface area contributed by atoms with Gasteiger partial charge in [0.15, 0.2) is 5.69 Å². The highest BCUT2D eigenvalue weighted by Crippen LogP contribution is 2.30. The van der Waals surface area contributed by atoms with Crippen molar-refractivity contribution in [3.05, 3.63) is 65.5 Å². The van der Waals surface area contributed by atoms with Crippen LogP contribution in [0.25, 0.3) is 5.69 Å². The molecule has 1 aromatic heterocycles. The molecular formula is C26H29N5O5. The number of nitrogens with two attached hydrogens (primary N) is 1. The van der Waals surface area contributed by atoms with Crippen molar-refractivity contribution in [2.24, 2.45) is 5.73 Å². The molecule has 2 heterocycles. The Hall–Kier alpha value is -4.34. The molecule has 1 aliphatic heterocycles. The molecule has 10 nitrogen and oxygen atoms in total. The van der Waals surface area contributed by atoms with Crippen LogP contribution >= 0.6 is 0 Å². The summed E-state index contributed by atoms with van der Waals surface area (Å²) in [4.78, 5) is 38.5. The molecule has 0 fully saturated rings. The molecule has 1 aliphatic rings. The number of hydrogen-bond donors (Lipinski definition) is 2. The lowest BCUT2D eigenvalue weighted by Crippen LogP contribution is -2.39. The van der Waals surface area contributed by atoms with Crippen LogP contribution in [0.4, 0.5) is 11.4 Å². The number of fused-ring (bicyclic) bond motifs is 1. The number of nitrogens with one attached hydrogen (secondary N) is 1. The van der Waals surface area contributed by atoms with Gasteiger partial charge in [-0.2, -0.15) is 5.10 Å². The maximum atomic E-state index is 13.6. The minimum Gasteiger partial charge on any atom is -0.497 e. The predicted molar refractivity (Wildman–Crippen MR) is 135 cm³/mol. The molecule has 3 N–H and O–H groups in total. The standard InChI is InChI=1S/C26H29N5O5/c1-35-20-12-10-19(11-13-20)31-24-21(23(29-31)25(27)33)14-16-30(26(24)34)18-8-6-17(7-9-18)28-15-4-3-5-22(32)36-2/h6-13,28H,3-5,14-16H2,1-2H3,(H2,27,33). The molecule has 4 rings (SSSR count). The Morgan fingerprint density at radius 1 is 1.03 bits per heavy atom. The van der Waals surface area contributed by atoms with Gasteiger partial charge >= 0.3 is 5.97 Å². The van der Waals surface area contributed by atoms with E-state index in [0.29, 0.717) is 42.1 Å². The Morgan fingerprint density at radius 2 is 1.72 bits per heavy atom. The van der Waals surface area contributed by atoms with Crippen molar-refractivity contribution in [3.8, 4) is 11.4 Å². The highest BCUT2D eigenvalue weighted by Gasteiger charge is 2.34. The van der Waals surface area contributed by atoms with Gasteiger partial charge in [-0.05, 0) is 67.8 Å². The summed E-state index contributed by atoms with van der Waals surface area (Å²) in [6.07, 6.45) is 2.44. The quantitative estimate of drug-likeness (QED) is 0.330. The van der Waals surface area contributed by atoms with Gasteiger partial charge in [0.05, 0.1) is 19.9 Å². The number of esters is 1. The lowest BCUT2D eigenvalue weighted by molar-refractivity contribution is -0.140. The number of amides is 2.